The lowest BCUT2D eigenvalue weighted by molar-refractivity contribution is -0.135. The number of unbranched alkanes of at least 4 members (excludes halogenated alkanes) is 2. The summed E-state index contributed by atoms with van der Waals surface area (Å²) >= 11 is 0. The van der Waals surface area contributed by atoms with Crippen LogP contribution in [0.25, 0.3) is 10.8 Å². The van der Waals surface area contributed by atoms with Gasteiger partial charge in [0, 0.05) is 35.6 Å². The molecule has 1 aromatic carbocycles. The maximum atomic E-state index is 12.1. The Morgan fingerprint density at radius 3 is 2.88 bits per heavy atom. The van der Waals surface area contributed by atoms with E-state index in [1.165, 1.54) is 12.8 Å². The van der Waals surface area contributed by atoms with Crippen LogP contribution in [-0.4, -0.2) is 28.0 Å². The van der Waals surface area contributed by atoms with Crippen molar-refractivity contribution in [3.63, 3.8) is 0 Å². The average molecular weight is 329 g/mol. The van der Waals surface area contributed by atoms with E-state index >= 15 is 0 Å². The highest BCUT2D eigenvalue weighted by atomic mass is 16.3. The highest BCUT2D eigenvalue weighted by molar-refractivity contribution is 6.01. The molecule has 3 rings (SSSR count). The van der Waals surface area contributed by atoms with Crippen LogP contribution in [0.5, 0.6) is 5.88 Å². The quantitative estimate of drug-likeness (QED) is 0.562. The van der Waals surface area contributed by atoms with Gasteiger partial charge in [-0.25, -0.2) is 0 Å². The van der Waals surface area contributed by atoms with Gasteiger partial charge in [0.15, 0.2) is 5.88 Å². The minimum atomic E-state index is -0.553. The molecule has 6 nitrogen and oxygen atoms in total. The molecule has 2 amide bonds. The summed E-state index contributed by atoms with van der Waals surface area (Å²) in [4.78, 5) is 23.4. The van der Waals surface area contributed by atoms with Crippen LogP contribution in [0.4, 0.5) is 5.69 Å². The number of carbonyl (C=O) groups is 2. The molecule has 0 spiro atoms. The highest BCUT2D eigenvalue weighted by Gasteiger charge is 2.30. The number of anilines is 1. The number of fused-ring (bicyclic) bond motifs is 1. The summed E-state index contributed by atoms with van der Waals surface area (Å²) in [5, 5.41) is 17.9. The number of rotatable bonds is 6. The summed E-state index contributed by atoms with van der Waals surface area (Å²) in [6.45, 7) is 3.04. The third-order valence-corrected chi connectivity index (χ3v) is 4.50. The van der Waals surface area contributed by atoms with Crippen LogP contribution in [0.2, 0.25) is 0 Å². The Bertz CT molecular complexity index is 766. The second kappa shape index (κ2) is 6.95. The largest absolute Gasteiger partial charge is 0.494 e. The van der Waals surface area contributed by atoms with Gasteiger partial charge in [0.2, 0.25) is 11.8 Å². The SMILES string of the molecule is CCCCCNc1cccc2c(O)n(C3CCC(=O)NC3=O)cc12. The molecule has 24 heavy (non-hydrogen) atoms. The van der Waals surface area contributed by atoms with Gasteiger partial charge >= 0.3 is 0 Å². The van der Waals surface area contributed by atoms with E-state index in [1.807, 2.05) is 18.2 Å². The minimum Gasteiger partial charge on any atom is -0.494 e. The number of nitrogens with one attached hydrogen (secondary N) is 2. The summed E-state index contributed by atoms with van der Waals surface area (Å²) in [6.07, 6.45) is 5.91. The summed E-state index contributed by atoms with van der Waals surface area (Å²) in [5.41, 5.74) is 0.949. The molecule has 1 saturated heterocycles. The van der Waals surface area contributed by atoms with Crippen LogP contribution in [0, 0.1) is 0 Å². The number of benzene rings is 1. The van der Waals surface area contributed by atoms with E-state index in [4.69, 9.17) is 0 Å². The molecular weight excluding hydrogens is 306 g/mol. The summed E-state index contributed by atoms with van der Waals surface area (Å²) in [6, 6.07) is 5.15. The van der Waals surface area contributed by atoms with Gasteiger partial charge in [0.1, 0.15) is 6.04 Å². The van der Waals surface area contributed by atoms with E-state index in [2.05, 4.69) is 17.6 Å². The minimum absolute atomic E-state index is 0.0664. The maximum Gasteiger partial charge on any atom is 0.249 e. The lowest BCUT2D eigenvalue weighted by atomic mass is 10.1. The first-order valence-electron chi connectivity index (χ1n) is 8.52. The topological polar surface area (TPSA) is 83.4 Å². The Balaban J connectivity index is 1.89. The first kappa shape index (κ1) is 16.4. The first-order chi connectivity index (χ1) is 11.6. The maximum absolute atomic E-state index is 12.1. The van der Waals surface area contributed by atoms with Crippen LogP contribution in [0.15, 0.2) is 24.4 Å². The molecule has 2 aromatic rings. The molecule has 0 saturated carbocycles. The number of carbonyl (C=O) groups excluding carboxylic acids is 2. The van der Waals surface area contributed by atoms with Gasteiger partial charge in [-0.15, -0.1) is 0 Å². The molecule has 0 aliphatic carbocycles. The lowest BCUT2D eigenvalue weighted by Crippen LogP contribution is -2.41. The van der Waals surface area contributed by atoms with Crippen molar-refractivity contribution in [2.75, 3.05) is 11.9 Å². The number of piperidine rings is 1. The summed E-state index contributed by atoms with van der Waals surface area (Å²) < 4.78 is 1.57. The fourth-order valence-electron chi connectivity index (χ4n) is 3.18. The van der Waals surface area contributed by atoms with E-state index in [-0.39, 0.29) is 24.1 Å². The van der Waals surface area contributed by atoms with Crippen LogP contribution in [0.1, 0.15) is 45.1 Å². The number of aromatic hydroxyl groups is 1. The molecule has 3 N–H and O–H groups in total. The lowest BCUT2D eigenvalue weighted by Gasteiger charge is -2.22. The number of imide groups is 1. The zero-order chi connectivity index (χ0) is 17.1. The van der Waals surface area contributed by atoms with Crippen molar-refractivity contribution in [3.8, 4) is 5.88 Å². The number of hydrogen-bond donors (Lipinski definition) is 3. The van der Waals surface area contributed by atoms with Crippen LogP contribution >= 0.6 is 0 Å². The van der Waals surface area contributed by atoms with Crippen molar-refractivity contribution in [3.05, 3.63) is 24.4 Å². The fraction of sp³-hybridized carbons (Fsp3) is 0.444. The number of nitrogens with zero attached hydrogens (tertiary/aromatic N) is 1. The van der Waals surface area contributed by atoms with E-state index in [0.29, 0.717) is 11.8 Å². The molecule has 1 aliphatic rings. The van der Waals surface area contributed by atoms with Gasteiger partial charge in [-0.2, -0.15) is 0 Å². The van der Waals surface area contributed by atoms with Gasteiger partial charge in [0.05, 0.1) is 0 Å². The number of amides is 2. The van der Waals surface area contributed by atoms with Crippen LogP contribution in [0.3, 0.4) is 0 Å². The molecule has 0 bridgehead atoms. The summed E-state index contributed by atoms with van der Waals surface area (Å²) in [5.74, 6) is -0.554. The Morgan fingerprint density at radius 2 is 2.12 bits per heavy atom. The molecule has 6 heteroatoms. The number of aromatic nitrogens is 1. The van der Waals surface area contributed by atoms with Crippen molar-refractivity contribution in [1.82, 2.24) is 9.88 Å². The van der Waals surface area contributed by atoms with Crippen LogP contribution in [-0.2, 0) is 9.59 Å². The predicted octanol–water partition coefficient (Wildman–Crippen LogP) is 2.93. The van der Waals surface area contributed by atoms with Gasteiger partial charge in [-0.1, -0.05) is 25.8 Å². The highest BCUT2D eigenvalue weighted by Crippen LogP contribution is 2.36. The number of hydrogen-bond acceptors (Lipinski definition) is 4. The van der Waals surface area contributed by atoms with Crippen molar-refractivity contribution >= 4 is 28.3 Å². The van der Waals surface area contributed by atoms with E-state index in [9.17, 15) is 14.7 Å². The molecule has 1 atom stereocenters. The predicted molar refractivity (Wildman–Crippen MR) is 93.0 cm³/mol. The normalized spacial score (nSPS) is 18.0. The third-order valence-electron chi connectivity index (χ3n) is 4.50. The third kappa shape index (κ3) is 3.09. The van der Waals surface area contributed by atoms with Gasteiger partial charge < -0.3 is 15.0 Å². The van der Waals surface area contributed by atoms with E-state index < -0.39 is 6.04 Å². The molecule has 1 aliphatic heterocycles. The monoisotopic (exact) mass is 329 g/mol. The van der Waals surface area contributed by atoms with Crippen molar-refractivity contribution < 1.29 is 14.7 Å². The molecule has 1 unspecified atom stereocenters. The Hall–Kier alpha value is -2.50. The molecule has 1 aromatic heterocycles. The van der Waals surface area contributed by atoms with Gasteiger partial charge in [0.25, 0.3) is 0 Å². The second-order valence-electron chi connectivity index (χ2n) is 6.23. The van der Waals surface area contributed by atoms with Crippen molar-refractivity contribution in [2.45, 2.75) is 45.1 Å². The molecule has 0 radical (unpaired) electrons. The van der Waals surface area contributed by atoms with Gasteiger partial charge in [-0.05, 0) is 25.0 Å². The first-order valence-corrected chi connectivity index (χ1v) is 8.52. The second-order valence-corrected chi connectivity index (χ2v) is 6.23. The molecule has 2 heterocycles. The molecule has 1 fully saturated rings. The van der Waals surface area contributed by atoms with E-state index in [0.717, 1.165) is 24.0 Å². The Kier molecular flexibility index (Phi) is 4.74. The van der Waals surface area contributed by atoms with Crippen molar-refractivity contribution in [2.24, 2.45) is 0 Å². The molecule has 128 valence electrons. The molecular formula is C18H23N3O3. The zero-order valence-electron chi connectivity index (χ0n) is 13.8. The smallest absolute Gasteiger partial charge is 0.249 e. The average Bonchev–Trinajstić information content (AvgIpc) is 2.89. The summed E-state index contributed by atoms with van der Waals surface area (Å²) in [7, 11) is 0. The Labute approximate surface area is 140 Å². The zero-order valence-corrected chi connectivity index (χ0v) is 13.8. The fourth-order valence-corrected chi connectivity index (χ4v) is 3.18. The Morgan fingerprint density at radius 1 is 1.29 bits per heavy atom. The van der Waals surface area contributed by atoms with E-state index in [1.54, 1.807) is 10.8 Å². The van der Waals surface area contributed by atoms with Crippen LogP contribution < -0.4 is 10.6 Å². The van der Waals surface area contributed by atoms with Gasteiger partial charge in [-0.3, -0.25) is 14.9 Å². The van der Waals surface area contributed by atoms with Crippen molar-refractivity contribution in [1.29, 1.82) is 0 Å². The standard InChI is InChI=1S/C18H23N3O3/c1-2-3-4-10-19-14-7-5-6-12-13(14)11-21(18(12)24)15-8-9-16(22)20-17(15)23/h5-7,11,15,19,24H,2-4,8-10H2,1H3,(H,20,22,23).